The lowest BCUT2D eigenvalue weighted by atomic mass is 10.0. The Morgan fingerprint density at radius 1 is 0.342 bits per heavy atom. The Labute approximate surface area is 241 Å². The average Bonchev–Trinajstić information content (AvgIpc) is 3.31. The molecule has 0 fully saturated rings. The topological polar surface area (TPSA) is 6.48 Å². The van der Waals surface area contributed by atoms with Gasteiger partial charge in [0.05, 0.1) is 0 Å². The zero-order valence-electron chi connectivity index (χ0n) is 26.8. The van der Waals surface area contributed by atoms with Crippen LogP contribution in [0.15, 0.2) is 12.4 Å². The molecule has 0 bridgehead atoms. The molecule has 0 aliphatic carbocycles. The summed E-state index contributed by atoms with van der Waals surface area (Å²) < 4.78 is 0. The molecule has 0 aromatic carbocycles. The lowest BCUT2D eigenvalue weighted by Gasteiger charge is -2.33. The van der Waals surface area contributed by atoms with Gasteiger partial charge in [-0.15, -0.1) is 0 Å². The Kier molecular flexibility index (Phi) is 26.0. The van der Waals surface area contributed by atoms with Crippen LogP contribution in [-0.4, -0.2) is 29.1 Å². The van der Waals surface area contributed by atoms with E-state index in [1.165, 1.54) is 193 Å². The maximum Gasteiger partial charge on any atom is 0.101 e. The zero-order valence-corrected chi connectivity index (χ0v) is 26.8. The maximum atomic E-state index is 2.71. The molecule has 1 atom stereocenters. The molecule has 2 nitrogen and oxygen atoms in total. The van der Waals surface area contributed by atoms with Gasteiger partial charge < -0.3 is 9.80 Å². The van der Waals surface area contributed by atoms with Crippen LogP contribution in [-0.2, 0) is 0 Å². The minimum absolute atomic E-state index is 0.641. The molecule has 1 aliphatic heterocycles. The second kappa shape index (κ2) is 27.9. The van der Waals surface area contributed by atoms with E-state index in [0.29, 0.717) is 6.17 Å². The van der Waals surface area contributed by atoms with Crippen molar-refractivity contribution in [2.24, 2.45) is 0 Å². The predicted molar refractivity (Wildman–Crippen MR) is 173 cm³/mol. The van der Waals surface area contributed by atoms with Gasteiger partial charge in [0.1, 0.15) is 6.17 Å². The third kappa shape index (κ3) is 20.3. The van der Waals surface area contributed by atoms with Gasteiger partial charge in [-0.05, 0) is 25.7 Å². The van der Waals surface area contributed by atoms with Crippen molar-refractivity contribution >= 4 is 0 Å². The Morgan fingerprint density at radius 2 is 0.605 bits per heavy atom. The highest BCUT2D eigenvalue weighted by molar-refractivity contribution is 4.97. The molecule has 0 radical (unpaired) electrons. The minimum atomic E-state index is 0.641. The van der Waals surface area contributed by atoms with Crippen LogP contribution in [0.1, 0.15) is 201 Å². The van der Waals surface area contributed by atoms with Crippen LogP contribution in [0.5, 0.6) is 0 Å². The summed E-state index contributed by atoms with van der Waals surface area (Å²) in [5, 5.41) is 0. The Balaban J connectivity index is 2.24. The van der Waals surface area contributed by atoms with E-state index >= 15 is 0 Å². The highest BCUT2D eigenvalue weighted by Gasteiger charge is 2.24. The Bertz CT molecular complexity index is 488. The second-order valence-corrected chi connectivity index (χ2v) is 12.5. The SMILES string of the molecule is CCCCCCCCCCCCCC1N(CCCCCCCCC)C=CN1CCCCCCCCCCC. The molecule has 0 saturated carbocycles. The van der Waals surface area contributed by atoms with Crippen molar-refractivity contribution in [3.8, 4) is 0 Å². The van der Waals surface area contributed by atoms with E-state index in [1.807, 2.05) is 0 Å². The third-order valence-corrected chi connectivity index (χ3v) is 8.82. The monoisotopic (exact) mass is 533 g/mol. The average molecular weight is 533 g/mol. The van der Waals surface area contributed by atoms with Crippen LogP contribution in [0.2, 0.25) is 0 Å². The summed E-state index contributed by atoms with van der Waals surface area (Å²) >= 11 is 0. The van der Waals surface area contributed by atoms with Crippen molar-refractivity contribution in [3.63, 3.8) is 0 Å². The normalized spacial score (nSPS) is 15.3. The smallest absolute Gasteiger partial charge is 0.101 e. The van der Waals surface area contributed by atoms with Gasteiger partial charge in [0.25, 0.3) is 0 Å². The van der Waals surface area contributed by atoms with Crippen molar-refractivity contribution in [1.82, 2.24) is 9.80 Å². The van der Waals surface area contributed by atoms with Crippen LogP contribution < -0.4 is 0 Å². The first kappa shape index (κ1) is 35.4. The summed E-state index contributed by atoms with van der Waals surface area (Å²) in [4.78, 5) is 5.41. The molecule has 2 heteroatoms. The van der Waals surface area contributed by atoms with E-state index in [2.05, 4.69) is 43.0 Å². The molecule has 1 rings (SSSR count). The fourth-order valence-electron chi connectivity index (χ4n) is 6.19. The fraction of sp³-hybridized carbons (Fsp3) is 0.944. The largest absolute Gasteiger partial charge is 0.356 e. The van der Waals surface area contributed by atoms with E-state index in [4.69, 9.17) is 0 Å². The number of nitrogens with zero attached hydrogens (tertiary/aromatic N) is 2. The standard InChI is InChI=1S/C36H72N2/c1-4-7-10-13-16-18-19-20-22-25-28-31-36-37(32-29-26-23-15-12-9-6-3)34-35-38(36)33-30-27-24-21-17-14-11-8-5-2/h34-36H,4-33H2,1-3H3. The van der Waals surface area contributed by atoms with Gasteiger partial charge in [0.15, 0.2) is 0 Å². The van der Waals surface area contributed by atoms with Crippen LogP contribution in [0, 0.1) is 0 Å². The van der Waals surface area contributed by atoms with Crippen LogP contribution in [0.4, 0.5) is 0 Å². The summed E-state index contributed by atoms with van der Waals surface area (Å²) in [7, 11) is 0. The van der Waals surface area contributed by atoms with E-state index in [0.717, 1.165) is 0 Å². The first-order valence-corrected chi connectivity index (χ1v) is 18.0. The van der Waals surface area contributed by atoms with Crippen molar-refractivity contribution in [3.05, 3.63) is 12.4 Å². The Hall–Kier alpha value is -0.660. The number of hydrogen-bond donors (Lipinski definition) is 0. The molecule has 0 N–H and O–H groups in total. The van der Waals surface area contributed by atoms with E-state index < -0.39 is 0 Å². The molecule has 226 valence electrons. The van der Waals surface area contributed by atoms with Crippen molar-refractivity contribution in [2.75, 3.05) is 13.1 Å². The van der Waals surface area contributed by atoms with Gasteiger partial charge in [-0.2, -0.15) is 0 Å². The van der Waals surface area contributed by atoms with E-state index in [9.17, 15) is 0 Å². The zero-order chi connectivity index (χ0) is 27.4. The maximum absolute atomic E-state index is 2.71. The first-order chi connectivity index (χ1) is 18.8. The van der Waals surface area contributed by atoms with Gasteiger partial charge in [-0.25, -0.2) is 0 Å². The number of rotatable bonds is 30. The van der Waals surface area contributed by atoms with Gasteiger partial charge in [-0.1, -0.05) is 175 Å². The summed E-state index contributed by atoms with van der Waals surface area (Å²) in [5.41, 5.74) is 0. The van der Waals surface area contributed by atoms with Gasteiger partial charge >= 0.3 is 0 Å². The quantitative estimate of drug-likeness (QED) is 0.0848. The molecule has 0 aromatic heterocycles. The summed E-state index contributed by atoms with van der Waals surface area (Å²) in [5.74, 6) is 0. The van der Waals surface area contributed by atoms with Crippen molar-refractivity contribution in [2.45, 2.75) is 207 Å². The van der Waals surface area contributed by atoms with Crippen LogP contribution in [0.3, 0.4) is 0 Å². The first-order valence-electron chi connectivity index (χ1n) is 18.0. The summed E-state index contributed by atoms with van der Waals surface area (Å²) in [6.07, 6.45) is 45.4. The Morgan fingerprint density at radius 3 is 0.921 bits per heavy atom. The molecule has 1 aliphatic rings. The van der Waals surface area contributed by atoms with E-state index in [-0.39, 0.29) is 0 Å². The molecule has 0 saturated heterocycles. The molecule has 1 unspecified atom stereocenters. The fourth-order valence-corrected chi connectivity index (χ4v) is 6.19. The van der Waals surface area contributed by atoms with Crippen molar-refractivity contribution in [1.29, 1.82) is 0 Å². The van der Waals surface area contributed by atoms with Crippen LogP contribution in [0.25, 0.3) is 0 Å². The lowest BCUT2D eigenvalue weighted by molar-refractivity contribution is 0.135. The molecular formula is C36H72N2. The van der Waals surface area contributed by atoms with Crippen LogP contribution >= 0.6 is 0 Å². The number of hydrogen-bond acceptors (Lipinski definition) is 2. The summed E-state index contributed by atoms with van der Waals surface area (Å²) in [6.45, 7) is 9.47. The molecule has 0 spiro atoms. The molecule has 38 heavy (non-hydrogen) atoms. The highest BCUT2D eigenvalue weighted by atomic mass is 15.4. The molecule has 0 amide bonds. The lowest BCUT2D eigenvalue weighted by Crippen LogP contribution is -2.39. The summed E-state index contributed by atoms with van der Waals surface area (Å²) in [6, 6.07) is 0. The van der Waals surface area contributed by atoms with Gasteiger partial charge in [0.2, 0.25) is 0 Å². The highest BCUT2D eigenvalue weighted by Crippen LogP contribution is 2.24. The second-order valence-electron chi connectivity index (χ2n) is 12.5. The van der Waals surface area contributed by atoms with Gasteiger partial charge in [-0.3, -0.25) is 0 Å². The van der Waals surface area contributed by atoms with Gasteiger partial charge in [0, 0.05) is 25.5 Å². The predicted octanol–water partition coefficient (Wildman–Crippen LogP) is 12.4. The van der Waals surface area contributed by atoms with E-state index in [1.54, 1.807) is 0 Å². The molecule has 0 aromatic rings. The minimum Gasteiger partial charge on any atom is -0.356 e. The molecule has 1 heterocycles. The molecular weight excluding hydrogens is 460 g/mol. The van der Waals surface area contributed by atoms with Crippen molar-refractivity contribution < 1.29 is 0 Å². The third-order valence-electron chi connectivity index (χ3n) is 8.82. The number of unbranched alkanes of at least 4 members (excludes halogenated alkanes) is 24.